The van der Waals surface area contributed by atoms with Crippen molar-refractivity contribution in [2.45, 2.75) is 111 Å². The molecule has 3 atom stereocenters. The van der Waals surface area contributed by atoms with Crippen LogP contribution in [0.25, 0.3) is 6.08 Å². The number of benzene rings is 2. The lowest BCUT2D eigenvalue weighted by atomic mass is 9.87. The van der Waals surface area contributed by atoms with Crippen molar-refractivity contribution in [3.8, 4) is 0 Å². The molecule has 2 aromatic carbocycles. The third-order valence-electron chi connectivity index (χ3n) is 7.16. The second-order valence-electron chi connectivity index (χ2n) is 10.1. The molecule has 0 saturated heterocycles. The Morgan fingerprint density at radius 1 is 0.794 bits per heavy atom. The Balaban J connectivity index is 2.51. The molecule has 0 spiro atoms. The van der Waals surface area contributed by atoms with Crippen molar-refractivity contribution < 1.29 is 9.90 Å². The lowest BCUT2D eigenvalue weighted by molar-refractivity contribution is 0.0980. The molecule has 0 aliphatic rings. The summed E-state index contributed by atoms with van der Waals surface area (Å²) >= 11 is 0. The maximum absolute atomic E-state index is 13.5. The number of hydrogen-bond donors (Lipinski definition) is 1. The molecule has 34 heavy (non-hydrogen) atoms. The average Bonchev–Trinajstić information content (AvgIpc) is 2.83. The van der Waals surface area contributed by atoms with Crippen LogP contribution in [0.1, 0.15) is 143 Å². The zero-order chi connectivity index (χ0) is 25.3. The first kappa shape index (κ1) is 27.9. The summed E-state index contributed by atoms with van der Waals surface area (Å²) in [6, 6.07) is 12.7. The highest BCUT2D eigenvalue weighted by molar-refractivity contribution is 6.09. The molecule has 0 radical (unpaired) electrons. The minimum atomic E-state index is -0.286. The number of rotatable bonds is 13. The Labute approximate surface area is 208 Å². The highest BCUT2D eigenvalue weighted by atomic mass is 16.3. The molecule has 2 aromatic rings. The fourth-order valence-corrected chi connectivity index (χ4v) is 4.94. The summed E-state index contributed by atoms with van der Waals surface area (Å²) in [6.45, 7) is 15.4. The lowest BCUT2D eigenvalue weighted by Gasteiger charge is -2.18. The van der Waals surface area contributed by atoms with Gasteiger partial charge in [-0.15, -0.1) is 0 Å². The van der Waals surface area contributed by atoms with Crippen LogP contribution < -0.4 is 0 Å². The second kappa shape index (κ2) is 13.5. The van der Waals surface area contributed by atoms with Crippen LogP contribution in [-0.2, 0) is 6.42 Å². The number of aryl methyl sites for hydroxylation is 1. The van der Waals surface area contributed by atoms with Gasteiger partial charge in [-0.25, -0.2) is 0 Å². The van der Waals surface area contributed by atoms with Crippen LogP contribution in [0.5, 0.6) is 0 Å². The first-order chi connectivity index (χ1) is 16.2. The van der Waals surface area contributed by atoms with E-state index in [0.717, 1.165) is 50.5 Å². The molecule has 0 aliphatic carbocycles. The molecule has 1 N–H and O–H groups in total. The van der Waals surface area contributed by atoms with Gasteiger partial charge in [0.2, 0.25) is 5.78 Å². The van der Waals surface area contributed by atoms with Crippen molar-refractivity contribution in [2.24, 2.45) is 0 Å². The SMILES string of the molecule is CCCC(C)c1cc(C(=O)/C(O)=C/c2cc(CC)ccc2C(C)CCC)cc(C(C)CCC)c1. The highest BCUT2D eigenvalue weighted by Crippen LogP contribution is 2.31. The number of carbonyl (C=O) groups excluding carboxylic acids is 1. The summed E-state index contributed by atoms with van der Waals surface area (Å²) in [5.41, 5.74) is 6.36. The van der Waals surface area contributed by atoms with Gasteiger partial charge in [0.25, 0.3) is 0 Å². The zero-order valence-electron chi connectivity index (χ0n) is 22.6. The monoisotopic (exact) mass is 462 g/mol. The van der Waals surface area contributed by atoms with Gasteiger partial charge in [-0.05, 0) is 89.5 Å². The topological polar surface area (TPSA) is 37.3 Å². The van der Waals surface area contributed by atoms with Gasteiger partial charge in [0, 0.05) is 5.56 Å². The summed E-state index contributed by atoms with van der Waals surface area (Å²) in [7, 11) is 0. The van der Waals surface area contributed by atoms with Gasteiger partial charge >= 0.3 is 0 Å². The van der Waals surface area contributed by atoms with Gasteiger partial charge in [0.05, 0.1) is 0 Å². The van der Waals surface area contributed by atoms with Gasteiger partial charge in [-0.2, -0.15) is 0 Å². The Kier molecular flexibility index (Phi) is 11.1. The molecule has 0 saturated carbocycles. The van der Waals surface area contributed by atoms with Crippen molar-refractivity contribution in [1.29, 1.82) is 0 Å². The van der Waals surface area contributed by atoms with Gasteiger partial charge in [0.15, 0.2) is 5.76 Å². The Hall–Kier alpha value is -2.35. The van der Waals surface area contributed by atoms with Crippen LogP contribution in [0.4, 0.5) is 0 Å². The minimum absolute atomic E-state index is 0.174. The number of carbonyl (C=O) groups is 1. The molecule has 0 aliphatic heterocycles. The molecule has 2 rings (SSSR count). The van der Waals surface area contributed by atoms with E-state index in [-0.39, 0.29) is 11.5 Å². The number of ketones is 1. The Morgan fingerprint density at radius 3 is 1.82 bits per heavy atom. The largest absolute Gasteiger partial charge is 0.504 e. The van der Waals surface area contributed by atoms with E-state index in [1.807, 2.05) is 12.1 Å². The van der Waals surface area contributed by atoms with E-state index in [9.17, 15) is 9.90 Å². The summed E-state index contributed by atoms with van der Waals surface area (Å²) in [5, 5.41) is 11.0. The number of Topliss-reactive ketones (excluding diaryl/α,β-unsaturated/α-hetero) is 1. The maximum atomic E-state index is 13.5. The van der Waals surface area contributed by atoms with Crippen molar-refractivity contribution >= 4 is 11.9 Å². The van der Waals surface area contributed by atoms with Crippen molar-refractivity contribution in [2.75, 3.05) is 0 Å². The van der Waals surface area contributed by atoms with E-state index in [2.05, 4.69) is 72.7 Å². The number of hydrogen-bond acceptors (Lipinski definition) is 2. The maximum Gasteiger partial charge on any atom is 0.227 e. The van der Waals surface area contributed by atoms with E-state index < -0.39 is 0 Å². The van der Waals surface area contributed by atoms with Gasteiger partial charge in [-0.3, -0.25) is 4.79 Å². The minimum Gasteiger partial charge on any atom is -0.504 e. The predicted octanol–water partition coefficient (Wildman–Crippen LogP) is 9.74. The molecule has 186 valence electrons. The third kappa shape index (κ3) is 7.32. The molecular formula is C32H46O2. The van der Waals surface area contributed by atoms with Crippen molar-refractivity contribution in [1.82, 2.24) is 0 Å². The van der Waals surface area contributed by atoms with Gasteiger partial charge in [-0.1, -0.05) is 92.0 Å². The van der Waals surface area contributed by atoms with E-state index in [0.29, 0.717) is 23.3 Å². The van der Waals surface area contributed by atoms with Crippen molar-refractivity contribution in [3.05, 3.63) is 75.5 Å². The molecule has 0 aromatic heterocycles. The molecular weight excluding hydrogens is 416 g/mol. The van der Waals surface area contributed by atoms with Crippen LogP contribution in [0.2, 0.25) is 0 Å². The smallest absolute Gasteiger partial charge is 0.227 e. The second-order valence-corrected chi connectivity index (χ2v) is 10.1. The normalized spacial score (nSPS) is 14.6. The zero-order valence-corrected chi connectivity index (χ0v) is 22.6. The first-order valence-electron chi connectivity index (χ1n) is 13.5. The van der Waals surface area contributed by atoms with Crippen LogP contribution in [0.3, 0.4) is 0 Å². The van der Waals surface area contributed by atoms with Crippen LogP contribution in [-0.4, -0.2) is 10.9 Å². The predicted molar refractivity (Wildman–Crippen MR) is 147 cm³/mol. The van der Waals surface area contributed by atoms with Crippen LogP contribution in [0, 0.1) is 0 Å². The molecule has 3 unspecified atom stereocenters. The molecule has 0 fully saturated rings. The molecule has 0 amide bonds. The number of aliphatic hydroxyl groups excluding tert-OH is 1. The van der Waals surface area contributed by atoms with Crippen LogP contribution >= 0.6 is 0 Å². The van der Waals surface area contributed by atoms with E-state index in [1.165, 1.54) is 22.3 Å². The summed E-state index contributed by atoms with van der Waals surface area (Å²) in [4.78, 5) is 13.5. The quantitative estimate of drug-likeness (QED) is 0.183. The van der Waals surface area contributed by atoms with Crippen LogP contribution in [0.15, 0.2) is 42.2 Å². The van der Waals surface area contributed by atoms with Gasteiger partial charge in [0.1, 0.15) is 0 Å². The number of aliphatic hydroxyl groups is 1. The fourth-order valence-electron chi connectivity index (χ4n) is 4.94. The average molecular weight is 463 g/mol. The van der Waals surface area contributed by atoms with Gasteiger partial charge < -0.3 is 5.11 Å². The third-order valence-corrected chi connectivity index (χ3v) is 7.16. The van der Waals surface area contributed by atoms with E-state index in [4.69, 9.17) is 0 Å². The van der Waals surface area contributed by atoms with Crippen molar-refractivity contribution in [3.63, 3.8) is 0 Å². The highest BCUT2D eigenvalue weighted by Gasteiger charge is 2.19. The number of allylic oxidation sites excluding steroid dienone is 1. The Morgan fingerprint density at radius 2 is 1.32 bits per heavy atom. The summed E-state index contributed by atoms with van der Waals surface area (Å²) in [5.74, 6) is 0.697. The summed E-state index contributed by atoms with van der Waals surface area (Å²) < 4.78 is 0. The molecule has 2 nitrogen and oxygen atoms in total. The van der Waals surface area contributed by atoms with E-state index >= 15 is 0 Å². The first-order valence-corrected chi connectivity index (χ1v) is 13.5. The lowest BCUT2D eigenvalue weighted by Crippen LogP contribution is -2.08. The Bertz CT molecular complexity index is 939. The summed E-state index contributed by atoms with van der Waals surface area (Å²) in [6.07, 6.45) is 9.19. The standard InChI is InChI=1S/C32H46O2/c1-8-12-22(5)26-18-27(23(6)13-9-2)20-29(19-26)32(34)31(33)21-28-17-25(11-4)15-16-30(28)24(7)14-10-3/h15-24,33H,8-14H2,1-7H3/b31-21-. The van der Waals surface area contributed by atoms with E-state index in [1.54, 1.807) is 6.08 Å². The molecule has 0 heterocycles. The molecule has 0 bridgehead atoms. The fraction of sp³-hybridized carbons (Fsp3) is 0.531. The molecule has 2 heteroatoms.